The minimum atomic E-state index is -0.245. The molecule has 8 heteroatoms. The molecule has 188 valence electrons. The Morgan fingerprint density at radius 1 is 0.833 bits per heavy atom. The van der Waals surface area contributed by atoms with E-state index in [-0.39, 0.29) is 11.8 Å². The molecule has 0 saturated carbocycles. The highest BCUT2D eigenvalue weighted by atomic mass is 16.5. The number of ether oxygens (including phenoxy) is 2. The number of carbonyl (C=O) groups excluding carboxylic acids is 2. The molecule has 1 saturated heterocycles. The fraction of sp³-hybridized carbons (Fsp3) is 0.286. The summed E-state index contributed by atoms with van der Waals surface area (Å²) in [4.78, 5) is 29.7. The monoisotopic (exact) mass is 488 g/mol. The van der Waals surface area contributed by atoms with Crippen LogP contribution < -0.4 is 25.0 Å². The van der Waals surface area contributed by atoms with Crippen molar-refractivity contribution >= 4 is 28.9 Å². The van der Waals surface area contributed by atoms with Crippen molar-refractivity contribution in [2.75, 3.05) is 62.5 Å². The van der Waals surface area contributed by atoms with E-state index in [1.165, 1.54) is 0 Å². The first kappa shape index (κ1) is 25.1. The van der Waals surface area contributed by atoms with E-state index >= 15 is 0 Å². The number of methoxy groups -OCH3 is 2. The van der Waals surface area contributed by atoms with E-state index in [0.29, 0.717) is 35.7 Å². The molecule has 1 aliphatic heterocycles. The zero-order valence-electron chi connectivity index (χ0n) is 20.7. The molecule has 8 nitrogen and oxygen atoms in total. The first-order chi connectivity index (χ1) is 17.6. The maximum absolute atomic E-state index is 12.6. The van der Waals surface area contributed by atoms with Gasteiger partial charge in [0.15, 0.2) is 0 Å². The van der Waals surface area contributed by atoms with Crippen LogP contribution in [-0.4, -0.2) is 63.7 Å². The Morgan fingerprint density at radius 2 is 1.58 bits per heavy atom. The van der Waals surface area contributed by atoms with Gasteiger partial charge in [0.05, 0.1) is 19.9 Å². The zero-order chi connectivity index (χ0) is 25.3. The lowest BCUT2D eigenvalue weighted by Gasteiger charge is -2.36. The number of hydrogen-bond acceptors (Lipinski definition) is 6. The van der Waals surface area contributed by atoms with Crippen LogP contribution in [0.4, 0.5) is 17.1 Å². The number of amides is 2. The summed E-state index contributed by atoms with van der Waals surface area (Å²) in [6, 6.07) is 22.2. The van der Waals surface area contributed by atoms with E-state index in [1.54, 1.807) is 50.6 Å². The van der Waals surface area contributed by atoms with Gasteiger partial charge in [0.2, 0.25) is 5.91 Å². The van der Waals surface area contributed by atoms with Gasteiger partial charge in [0, 0.05) is 62.1 Å². The average Bonchev–Trinajstić information content (AvgIpc) is 2.93. The molecule has 1 fully saturated rings. The standard InChI is InChI=1S/C28H32N4O4/c1-35-24-7-5-6-23(20-24)32-18-16-31(17-19-32)15-14-27(33)29-22-12-10-21(11-13-22)28(34)30-25-8-3-4-9-26(25)36-2/h3-13,20H,14-19H2,1-2H3,(H,29,33)(H,30,34). The van der Waals surface area contributed by atoms with Crippen molar-refractivity contribution in [2.45, 2.75) is 6.42 Å². The molecule has 0 unspecified atom stereocenters. The number of hydrogen-bond donors (Lipinski definition) is 2. The molecule has 1 aliphatic rings. The third-order valence-electron chi connectivity index (χ3n) is 6.23. The molecule has 0 aliphatic carbocycles. The van der Waals surface area contributed by atoms with Gasteiger partial charge in [-0.05, 0) is 48.5 Å². The van der Waals surface area contributed by atoms with E-state index in [4.69, 9.17) is 9.47 Å². The number of para-hydroxylation sites is 2. The number of rotatable bonds is 9. The second kappa shape index (κ2) is 12.1. The third kappa shape index (κ3) is 6.55. The van der Waals surface area contributed by atoms with Crippen molar-refractivity contribution in [3.05, 3.63) is 78.4 Å². The van der Waals surface area contributed by atoms with Crippen LogP contribution in [0.15, 0.2) is 72.8 Å². The largest absolute Gasteiger partial charge is 0.497 e. The van der Waals surface area contributed by atoms with Crippen LogP contribution in [0.5, 0.6) is 11.5 Å². The molecule has 4 rings (SSSR count). The van der Waals surface area contributed by atoms with Crippen LogP contribution in [-0.2, 0) is 4.79 Å². The molecule has 1 heterocycles. The van der Waals surface area contributed by atoms with Crippen LogP contribution >= 0.6 is 0 Å². The second-order valence-corrected chi connectivity index (χ2v) is 8.56. The van der Waals surface area contributed by atoms with Gasteiger partial charge in [-0.25, -0.2) is 0 Å². The molecule has 2 amide bonds. The fourth-order valence-electron chi connectivity index (χ4n) is 4.17. The summed E-state index contributed by atoms with van der Waals surface area (Å²) in [5, 5.41) is 5.77. The third-order valence-corrected chi connectivity index (χ3v) is 6.23. The number of carbonyl (C=O) groups is 2. The summed E-state index contributed by atoms with van der Waals surface area (Å²) in [7, 11) is 3.24. The lowest BCUT2D eigenvalue weighted by molar-refractivity contribution is -0.116. The van der Waals surface area contributed by atoms with Gasteiger partial charge in [-0.2, -0.15) is 0 Å². The van der Waals surface area contributed by atoms with Gasteiger partial charge in [0.25, 0.3) is 5.91 Å². The molecule has 3 aromatic rings. The molecule has 0 atom stereocenters. The highest BCUT2D eigenvalue weighted by Gasteiger charge is 2.18. The molecular weight excluding hydrogens is 456 g/mol. The first-order valence-corrected chi connectivity index (χ1v) is 12.0. The van der Waals surface area contributed by atoms with Crippen LogP contribution in [0.2, 0.25) is 0 Å². The number of piperazine rings is 1. The molecule has 2 N–H and O–H groups in total. The quantitative estimate of drug-likeness (QED) is 0.472. The van der Waals surface area contributed by atoms with Gasteiger partial charge in [0.1, 0.15) is 11.5 Å². The lowest BCUT2D eigenvalue weighted by Crippen LogP contribution is -2.47. The predicted molar refractivity (Wildman–Crippen MR) is 142 cm³/mol. The summed E-state index contributed by atoms with van der Waals surface area (Å²) in [6.45, 7) is 4.33. The van der Waals surface area contributed by atoms with Crippen molar-refractivity contribution in [1.29, 1.82) is 0 Å². The summed E-state index contributed by atoms with van der Waals surface area (Å²) in [6.07, 6.45) is 0.412. The second-order valence-electron chi connectivity index (χ2n) is 8.56. The van der Waals surface area contributed by atoms with Gasteiger partial charge in [-0.1, -0.05) is 18.2 Å². The van der Waals surface area contributed by atoms with Gasteiger partial charge in [-0.3, -0.25) is 14.5 Å². The molecule has 0 aromatic heterocycles. The number of anilines is 3. The molecule has 0 spiro atoms. The zero-order valence-corrected chi connectivity index (χ0v) is 20.7. The van der Waals surface area contributed by atoms with Crippen molar-refractivity contribution in [2.24, 2.45) is 0 Å². The smallest absolute Gasteiger partial charge is 0.255 e. The number of nitrogens with one attached hydrogen (secondary N) is 2. The molecular formula is C28H32N4O4. The Kier molecular flexibility index (Phi) is 8.41. The van der Waals surface area contributed by atoms with Crippen molar-refractivity contribution in [3.63, 3.8) is 0 Å². The Labute approximate surface area is 211 Å². The normalized spacial score (nSPS) is 13.7. The van der Waals surface area contributed by atoms with E-state index < -0.39 is 0 Å². The van der Waals surface area contributed by atoms with Crippen LogP contribution in [0, 0.1) is 0 Å². The van der Waals surface area contributed by atoms with Gasteiger partial charge < -0.3 is 25.0 Å². The molecule has 3 aromatic carbocycles. The fourth-order valence-corrected chi connectivity index (χ4v) is 4.17. The number of nitrogens with zero attached hydrogens (tertiary/aromatic N) is 2. The lowest BCUT2D eigenvalue weighted by atomic mass is 10.1. The molecule has 0 radical (unpaired) electrons. The molecule has 36 heavy (non-hydrogen) atoms. The highest BCUT2D eigenvalue weighted by molar-refractivity contribution is 6.05. The minimum Gasteiger partial charge on any atom is -0.497 e. The SMILES string of the molecule is COc1cccc(N2CCN(CCC(=O)Nc3ccc(C(=O)Nc4ccccc4OC)cc3)CC2)c1. The van der Waals surface area contributed by atoms with Gasteiger partial charge in [-0.15, -0.1) is 0 Å². The van der Waals surface area contributed by atoms with Crippen LogP contribution in [0.25, 0.3) is 0 Å². The summed E-state index contributed by atoms with van der Waals surface area (Å²) in [5.41, 5.74) is 2.92. The molecule has 0 bridgehead atoms. The highest BCUT2D eigenvalue weighted by Crippen LogP contribution is 2.24. The van der Waals surface area contributed by atoms with E-state index in [9.17, 15) is 9.59 Å². The van der Waals surface area contributed by atoms with Crippen LogP contribution in [0.1, 0.15) is 16.8 Å². The van der Waals surface area contributed by atoms with Crippen molar-refractivity contribution in [3.8, 4) is 11.5 Å². The Hall–Kier alpha value is -4.04. The van der Waals surface area contributed by atoms with E-state index in [0.717, 1.165) is 37.6 Å². The van der Waals surface area contributed by atoms with E-state index in [1.807, 2.05) is 24.3 Å². The van der Waals surface area contributed by atoms with Gasteiger partial charge >= 0.3 is 0 Å². The number of benzene rings is 3. The average molecular weight is 489 g/mol. The summed E-state index contributed by atoms with van der Waals surface area (Å²) >= 11 is 0. The topological polar surface area (TPSA) is 83.1 Å². The summed E-state index contributed by atoms with van der Waals surface area (Å²) < 4.78 is 10.6. The predicted octanol–water partition coefficient (Wildman–Crippen LogP) is 4.11. The Bertz CT molecular complexity index is 1170. The maximum atomic E-state index is 12.6. The van der Waals surface area contributed by atoms with Crippen molar-refractivity contribution < 1.29 is 19.1 Å². The first-order valence-electron chi connectivity index (χ1n) is 12.0. The van der Waals surface area contributed by atoms with Crippen LogP contribution in [0.3, 0.4) is 0 Å². The minimum absolute atomic E-state index is 0.0450. The Balaban J connectivity index is 1.21. The van der Waals surface area contributed by atoms with Crippen molar-refractivity contribution in [1.82, 2.24) is 4.90 Å². The maximum Gasteiger partial charge on any atom is 0.255 e. The van der Waals surface area contributed by atoms with E-state index in [2.05, 4.69) is 32.6 Å². The Morgan fingerprint density at radius 3 is 2.31 bits per heavy atom. The summed E-state index contributed by atoms with van der Waals surface area (Å²) in [5.74, 6) is 1.16.